The van der Waals surface area contributed by atoms with Gasteiger partial charge >= 0.3 is 6.03 Å². The second-order valence-electron chi connectivity index (χ2n) is 8.07. The highest BCUT2D eigenvalue weighted by Gasteiger charge is 2.35. The van der Waals surface area contributed by atoms with Crippen molar-refractivity contribution in [2.24, 2.45) is 5.41 Å². The number of carbonyl (C=O) groups excluding carboxylic acids is 1. The normalized spacial score (nSPS) is 26.0. The molecule has 1 heterocycles. The molecule has 2 atom stereocenters. The van der Waals surface area contributed by atoms with E-state index in [1.807, 2.05) is 18.2 Å². The van der Waals surface area contributed by atoms with Crippen LogP contribution in [0.4, 0.5) is 4.79 Å². The third kappa shape index (κ3) is 3.43. The molecule has 2 fully saturated rings. The lowest BCUT2D eigenvalue weighted by Gasteiger charge is -2.38. The summed E-state index contributed by atoms with van der Waals surface area (Å²) in [7, 11) is 0. The van der Waals surface area contributed by atoms with E-state index in [1.54, 1.807) is 0 Å². The number of fused-ring (bicyclic) bond motifs is 1. The number of para-hydroxylation sites is 2. The van der Waals surface area contributed by atoms with Crippen LogP contribution in [0.15, 0.2) is 24.3 Å². The number of amides is 2. The zero-order valence-corrected chi connectivity index (χ0v) is 15.4. The summed E-state index contributed by atoms with van der Waals surface area (Å²) in [6, 6.07) is 8.45. The molecule has 2 aromatic rings. The van der Waals surface area contributed by atoms with Crippen LogP contribution >= 0.6 is 0 Å². The van der Waals surface area contributed by atoms with Crippen molar-refractivity contribution in [2.45, 2.75) is 64.1 Å². The van der Waals surface area contributed by atoms with Gasteiger partial charge < -0.3 is 20.3 Å². The molecular formula is C20H28N4O2. The Morgan fingerprint density at radius 3 is 2.85 bits per heavy atom. The molecule has 0 saturated heterocycles. The largest absolute Gasteiger partial charge is 0.392 e. The minimum atomic E-state index is -0.337. The molecule has 2 saturated carbocycles. The van der Waals surface area contributed by atoms with Crippen LogP contribution in [0, 0.1) is 5.41 Å². The smallest absolute Gasteiger partial charge is 0.315 e. The molecule has 1 aromatic heterocycles. The summed E-state index contributed by atoms with van der Waals surface area (Å²) in [4.78, 5) is 17.0. The molecule has 0 bridgehead atoms. The van der Waals surface area contributed by atoms with Crippen LogP contribution in [0.2, 0.25) is 0 Å². The third-order valence-electron chi connectivity index (χ3n) is 5.92. The lowest BCUT2D eigenvalue weighted by Crippen LogP contribution is -2.47. The Bertz CT molecular complexity index is 798. The molecule has 6 nitrogen and oxygen atoms in total. The second-order valence-corrected chi connectivity index (χ2v) is 8.07. The van der Waals surface area contributed by atoms with Crippen molar-refractivity contribution in [3.63, 3.8) is 0 Å². The minimum Gasteiger partial charge on any atom is -0.392 e. The van der Waals surface area contributed by atoms with Crippen molar-refractivity contribution in [3.8, 4) is 0 Å². The third-order valence-corrected chi connectivity index (χ3v) is 5.92. The first kappa shape index (κ1) is 17.3. The summed E-state index contributed by atoms with van der Waals surface area (Å²) in [5.74, 6) is 0.910. The zero-order valence-electron chi connectivity index (χ0n) is 15.4. The van der Waals surface area contributed by atoms with Gasteiger partial charge in [0, 0.05) is 18.0 Å². The molecule has 0 aliphatic heterocycles. The van der Waals surface area contributed by atoms with E-state index in [-0.39, 0.29) is 17.6 Å². The average Bonchev–Trinajstić information content (AvgIpc) is 3.41. The van der Waals surface area contributed by atoms with Gasteiger partial charge in [0.15, 0.2) is 0 Å². The SMILES string of the molecule is CC1(CNC(=O)NCc2nc3ccccc3n2C2CC2)CCCCC1O. The topological polar surface area (TPSA) is 79.2 Å². The van der Waals surface area contributed by atoms with E-state index in [0.29, 0.717) is 19.1 Å². The Labute approximate surface area is 154 Å². The van der Waals surface area contributed by atoms with Crippen molar-refractivity contribution >= 4 is 17.1 Å². The molecule has 2 amide bonds. The number of aliphatic hydroxyl groups is 1. The van der Waals surface area contributed by atoms with Gasteiger partial charge in [-0.05, 0) is 37.8 Å². The molecule has 3 N–H and O–H groups in total. The number of urea groups is 1. The van der Waals surface area contributed by atoms with Crippen molar-refractivity contribution in [3.05, 3.63) is 30.1 Å². The van der Waals surface area contributed by atoms with E-state index < -0.39 is 0 Å². The van der Waals surface area contributed by atoms with E-state index in [4.69, 9.17) is 4.98 Å². The first-order valence-electron chi connectivity index (χ1n) is 9.72. The molecule has 26 heavy (non-hydrogen) atoms. The number of imidazole rings is 1. The number of rotatable bonds is 5. The predicted octanol–water partition coefficient (Wildman–Crippen LogP) is 3.11. The first-order chi connectivity index (χ1) is 12.6. The molecule has 2 aliphatic rings. The van der Waals surface area contributed by atoms with Crippen LogP contribution in [0.1, 0.15) is 57.3 Å². The van der Waals surface area contributed by atoms with Crippen LogP contribution in [0.3, 0.4) is 0 Å². The first-order valence-corrected chi connectivity index (χ1v) is 9.72. The Balaban J connectivity index is 1.37. The van der Waals surface area contributed by atoms with Gasteiger partial charge in [-0.25, -0.2) is 9.78 Å². The summed E-state index contributed by atoms with van der Waals surface area (Å²) in [5.41, 5.74) is 1.90. The van der Waals surface area contributed by atoms with Crippen LogP contribution in [-0.2, 0) is 6.54 Å². The van der Waals surface area contributed by atoms with Crippen LogP contribution < -0.4 is 10.6 Å². The van der Waals surface area contributed by atoms with Gasteiger partial charge in [-0.1, -0.05) is 31.9 Å². The number of aliphatic hydroxyl groups excluding tert-OH is 1. The highest BCUT2D eigenvalue weighted by Crippen LogP contribution is 2.38. The van der Waals surface area contributed by atoms with Crippen molar-refractivity contribution in [2.75, 3.05) is 6.54 Å². The maximum atomic E-state index is 12.3. The maximum Gasteiger partial charge on any atom is 0.315 e. The summed E-state index contributed by atoms with van der Waals surface area (Å²) < 4.78 is 2.27. The number of carbonyl (C=O) groups is 1. The number of nitrogens with one attached hydrogen (secondary N) is 2. The zero-order chi connectivity index (χ0) is 18.1. The highest BCUT2D eigenvalue weighted by atomic mass is 16.3. The second kappa shape index (κ2) is 6.91. The average molecular weight is 356 g/mol. The van der Waals surface area contributed by atoms with Gasteiger partial charge in [-0.15, -0.1) is 0 Å². The number of hydrogen-bond acceptors (Lipinski definition) is 3. The Hall–Kier alpha value is -2.08. The summed E-state index contributed by atoms with van der Waals surface area (Å²) in [5, 5.41) is 16.1. The molecule has 140 valence electrons. The molecular weight excluding hydrogens is 328 g/mol. The molecule has 2 unspecified atom stereocenters. The highest BCUT2D eigenvalue weighted by molar-refractivity contribution is 5.77. The van der Waals surface area contributed by atoms with Crippen LogP contribution in [0.25, 0.3) is 11.0 Å². The quantitative estimate of drug-likeness (QED) is 0.770. The van der Waals surface area contributed by atoms with Crippen molar-refractivity contribution in [1.29, 1.82) is 0 Å². The summed E-state index contributed by atoms with van der Waals surface area (Å²) >= 11 is 0. The maximum absolute atomic E-state index is 12.3. The van der Waals surface area contributed by atoms with E-state index in [2.05, 4.69) is 28.2 Å². The molecule has 1 aromatic carbocycles. The van der Waals surface area contributed by atoms with Gasteiger partial charge in [0.05, 0.1) is 23.7 Å². The number of benzene rings is 1. The van der Waals surface area contributed by atoms with Gasteiger partial charge in [0.1, 0.15) is 5.82 Å². The fraction of sp³-hybridized carbons (Fsp3) is 0.600. The molecule has 0 radical (unpaired) electrons. The lowest BCUT2D eigenvalue weighted by molar-refractivity contribution is 0.00308. The fourth-order valence-corrected chi connectivity index (χ4v) is 4.05. The molecule has 4 rings (SSSR count). The number of aromatic nitrogens is 2. The van der Waals surface area contributed by atoms with Gasteiger partial charge in [-0.2, -0.15) is 0 Å². The van der Waals surface area contributed by atoms with E-state index in [9.17, 15) is 9.90 Å². The Morgan fingerprint density at radius 2 is 2.08 bits per heavy atom. The monoisotopic (exact) mass is 356 g/mol. The van der Waals surface area contributed by atoms with Crippen LogP contribution in [-0.4, -0.2) is 33.3 Å². The standard InChI is InChI=1S/C20H28N4O2/c1-20(11-5-4-8-17(20)25)13-22-19(26)21-12-18-23-15-6-2-3-7-16(15)24(18)14-9-10-14/h2-3,6-7,14,17,25H,4-5,8-13H2,1H3,(H2,21,22,26). The lowest BCUT2D eigenvalue weighted by atomic mass is 9.73. The fourth-order valence-electron chi connectivity index (χ4n) is 4.05. The molecule has 6 heteroatoms. The van der Waals surface area contributed by atoms with Crippen LogP contribution in [0.5, 0.6) is 0 Å². The number of nitrogens with zero attached hydrogens (tertiary/aromatic N) is 2. The van der Waals surface area contributed by atoms with E-state index in [1.165, 1.54) is 12.8 Å². The summed E-state index contributed by atoms with van der Waals surface area (Å²) in [6.07, 6.45) is 5.97. The minimum absolute atomic E-state index is 0.196. The summed E-state index contributed by atoms with van der Waals surface area (Å²) in [6.45, 7) is 2.97. The van der Waals surface area contributed by atoms with Gasteiger partial charge in [0.2, 0.25) is 0 Å². The molecule has 0 spiro atoms. The van der Waals surface area contributed by atoms with Gasteiger partial charge in [0.25, 0.3) is 0 Å². The molecule has 2 aliphatic carbocycles. The van der Waals surface area contributed by atoms with E-state index in [0.717, 1.165) is 42.5 Å². The van der Waals surface area contributed by atoms with E-state index >= 15 is 0 Å². The van der Waals surface area contributed by atoms with Crippen molar-refractivity contribution < 1.29 is 9.90 Å². The predicted molar refractivity (Wildman–Crippen MR) is 101 cm³/mol. The van der Waals surface area contributed by atoms with Gasteiger partial charge in [-0.3, -0.25) is 0 Å². The number of hydrogen-bond donors (Lipinski definition) is 3. The Kier molecular flexibility index (Phi) is 4.61. The Morgan fingerprint density at radius 1 is 1.27 bits per heavy atom. The van der Waals surface area contributed by atoms with Crippen molar-refractivity contribution in [1.82, 2.24) is 20.2 Å².